The van der Waals surface area contributed by atoms with Crippen LogP contribution in [0.4, 0.5) is 57.7 Å². The first-order valence-electron chi connectivity index (χ1n) is 8.36. The van der Waals surface area contributed by atoms with Crippen LogP contribution in [0.1, 0.15) is 25.6 Å². The van der Waals surface area contributed by atoms with Crippen molar-refractivity contribution in [1.29, 1.82) is 0 Å². The van der Waals surface area contributed by atoms with Crippen molar-refractivity contribution >= 4 is 34.2 Å². The Kier molecular flexibility index (Phi) is 8.12. The first-order valence-corrected chi connectivity index (χ1v) is 9.18. The van der Waals surface area contributed by atoms with E-state index in [1.54, 1.807) is 0 Å². The number of anilines is 1. The van der Waals surface area contributed by atoms with Crippen LogP contribution in [0.3, 0.4) is 0 Å². The van der Waals surface area contributed by atoms with E-state index >= 15 is 0 Å². The van der Waals surface area contributed by atoms with E-state index < -0.39 is 74.9 Å². The molecule has 19 heteroatoms. The van der Waals surface area contributed by atoms with Crippen molar-refractivity contribution in [1.82, 2.24) is 0 Å². The average Bonchev–Trinajstić information content (AvgIpc) is 3.07. The summed E-state index contributed by atoms with van der Waals surface area (Å²) in [6.45, 7) is 0.943. The van der Waals surface area contributed by atoms with Crippen LogP contribution in [-0.2, 0) is 14.3 Å². The zero-order valence-electron chi connectivity index (χ0n) is 17.1. The third-order valence-corrected chi connectivity index (χ3v) is 5.48. The van der Waals surface area contributed by atoms with Crippen LogP contribution in [-0.4, -0.2) is 68.1 Å². The fourth-order valence-electron chi connectivity index (χ4n) is 2.30. The molecular weight excluding hydrogens is 546 g/mol. The smallest absolute Gasteiger partial charge is 0.393 e. The molecule has 1 amide bonds. The van der Waals surface area contributed by atoms with E-state index in [2.05, 4.69) is 9.47 Å². The summed E-state index contributed by atoms with van der Waals surface area (Å²) in [6.07, 6.45) is -5.70. The van der Waals surface area contributed by atoms with Crippen LogP contribution < -0.4 is 5.32 Å². The van der Waals surface area contributed by atoms with Crippen LogP contribution in [0.2, 0.25) is 0 Å². The number of thiophene rings is 1. The molecule has 0 saturated carbocycles. The molecule has 0 unspecified atom stereocenters. The van der Waals surface area contributed by atoms with Gasteiger partial charge in [0.05, 0.1) is 19.8 Å². The predicted molar refractivity (Wildman–Crippen MR) is 91.1 cm³/mol. The van der Waals surface area contributed by atoms with Gasteiger partial charge in [-0.15, -0.1) is 11.3 Å². The third kappa shape index (κ3) is 4.49. The van der Waals surface area contributed by atoms with Crippen molar-refractivity contribution in [3.05, 3.63) is 16.0 Å². The van der Waals surface area contributed by atoms with Gasteiger partial charge in [0.25, 0.3) is 0 Å². The summed E-state index contributed by atoms with van der Waals surface area (Å²) in [5, 5.41) is -0.395. The number of carbonyl (C=O) groups excluding carboxylic acids is 3. The minimum Gasteiger partial charge on any atom is -0.465 e. The quantitative estimate of drug-likeness (QED) is 0.341. The molecular formula is C16H11F12NO5S. The SMILES string of the molecule is COC(=O)c1sc(NC(=O)C(F)(F)C(F)(F)C(F)(F)C(F)(F)C(F)(F)C(F)F)c(C(=O)OC)c1C. The topological polar surface area (TPSA) is 81.7 Å². The fourth-order valence-corrected chi connectivity index (χ4v) is 3.41. The number of carbonyl (C=O) groups is 3. The number of hydrogen-bond acceptors (Lipinski definition) is 6. The minimum absolute atomic E-state index is 0.102. The number of alkyl halides is 12. The first kappa shape index (κ1) is 30.3. The Morgan fingerprint density at radius 2 is 1.26 bits per heavy atom. The molecule has 0 bridgehead atoms. The monoisotopic (exact) mass is 557 g/mol. The predicted octanol–water partition coefficient (Wildman–Crippen LogP) is 5.01. The standard InChI is InChI=1S/C16H11F12NO5S/c1-4-5(8(30)33-2)7(35-6(4)9(31)34-3)29-11(32)13(21,22)15(25,26)16(27,28)14(23,24)12(19,20)10(17)18/h10H,1-3H3,(H,29,32). The van der Waals surface area contributed by atoms with E-state index in [9.17, 15) is 67.1 Å². The Bertz CT molecular complexity index is 1010. The molecule has 1 heterocycles. The van der Waals surface area contributed by atoms with Gasteiger partial charge >= 0.3 is 53.9 Å². The number of esters is 2. The van der Waals surface area contributed by atoms with E-state index in [0.29, 0.717) is 7.11 Å². The van der Waals surface area contributed by atoms with Gasteiger partial charge in [-0.2, -0.15) is 43.9 Å². The van der Waals surface area contributed by atoms with E-state index in [0.717, 1.165) is 19.4 Å². The highest BCUT2D eigenvalue weighted by atomic mass is 32.1. The average molecular weight is 557 g/mol. The molecule has 0 aliphatic rings. The summed E-state index contributed by atoms with van der Waals surface area (Å²) in [7, 11) is 1.49. The number of nitrogens with one attached hydrogen (secondary N) is 1. The van der Waals surface area contributed by atoms with Gasteiger partial charge in [-0.25, -0.2) is 18.4 Å². The minimum atomic E-state index is -7.92. The van der Waals surface area contributed by atoms with Crippen molar-refractivity contribution in [2.75, 3.05) is 19.5 Å². The molecule has 0 saturated heterocycles. The van der Waals surface area contributed by atoms with Crippen LogP contribution in [0.5, 0.6) is 0 Å². The molecule has 1 aromatic heterocycles. The van der Waals surface area contributed by atoms with E-state index in [-0.39, 0.29) is 11.3 Å². The van der Waals surface area contributed by atoms with Gasteiger partial charge in [-0.1, -0.05) is 0 Å². The Balaban J connectivity index is 3.58. The van der Waals surface area contributed by atoms with Gasteiger partial charge in [0.2, 0.25) is 0 Å². The lowest BCUT2D eigenvalue weighted by Gasteiger charge is -2.38. The lowest BCUT2D eigenvalue weighted by Crippen LogP contribution is -2.70. The normalized spacial score (nSPS) is 13.6. The molecule has 0 aliphatic carbocycles. The van der Waals surface area contributed by atoms with Crippen molar-refractivity contribution in [2.24, 2.45) is 0 Å². The molecule has 1 N–H and O–H groups in total. The lowest BCUT2D eigenvalue weighted by molar-refractivity contribution is -0.406. The van der Waals surface area contributed by atoms with Gasteiger partial charge in [0.1, 0.15) is 9.88 Å². The second kappa shape index (κ2) is 9.38. The molecule has 200 valence electrons. The molecule has 0 radical (unpaired) electrons. The highest BCUT2D eigenvalue weighted by Gasteiger charge is 2.89. The number of amides is 1. The summed E-state index contributed by atoms with van der Waals surface area (Å²) < 4.78 is 168. The molecule has 1 rings (SSSR count). The Morgan fingerprint density at radius 1 is 0.800 bits per heavy atom. The zero-order chi connectivity index (χ0) is 27.9. The molecule has 0 aromatic carbocycles. The fraction of sp³-hybridized carbons (Fsp3) is 0.562. The van der Waals surface area contributed by atoms with Gasteiger partial charge in [0, 0.05) is 0 Å². The maximum Gasteiger partial charge on any atom is 0.393 e. The molecule has 6 nitrogen and oxygen atoms in total. The largest absolute Gasteiger partial charge is 0.465 e. The molecule has 0 aliphatic heterocycles. The Labute approximate surface area is 190 Å². The lowest BCUT2D eigenvalue weighted by atomic mass is 9.94. The number of hydrogen-bond donors (Lipinski definition) is 1. The van der Waals surface area contributed by atoms with Gasteiger partial charge in [0.15, 0.2) is 0 Å². The molecule has 0 spiro atoms. The Hall–Kier alpha value is -2.73. The van der Waals surface area contributed by atoms with Crippen LogP contribution in [0, 0.1) is 6.92 Å². The first-order chi connectivity index (χ1) is 15.6. The van der Waals surface area contributed by atoms with Crippen molar-refractivity contribution in [3.63, 3.8) is 0 Å². The number of ether oxygens (including phenoxy) is 2. The summed E-state index contributed by atoms with van der Waals surface area (Å²) in [5.74, 6) is -43.9. The maximum atomic E-state index is 14.0. The summed E-state index contributed by atoms with van der Waals surface area (Å²) in [5.41, 5.74) is -1.40. The highest BCUT2D eigenvalue weighted by molar-refractivity contribution is 7.18. The molecule has 1 aromatic rings. The third-order valence-electron chi connectivity index (χ3n) is 4.30. The van der Waals surface area contributed by atoms with Gasteiger partial charge in [-0.3, -0.25) is 4.79 Å². The number of rotatable bonds is 9. The van der Waals surface area contributed by atoms with Crippen molar-refractivity contribution in [2.45, 2.75) is 43.0 Å². The second-order valence-corrected chi connectivity index (χ2v) is 7.44. The van der Waals surface area contributed by atoms with E-state index in [1.165, 1.54) is 0 Å². The summed E-state index contributed by atoms with van der Waals surface area (Å²) >= 11 is -0.102. The van der Waals surface area contributed by atoms with Crippen LogP contribution in [0.15, 0.2) is 0 Å². The molecule has 35 heavy (non-hydrogen) atoms. The van der Waals surface area contributed by atoms with E-state index in [1.807, 2.05) is 0 Å². The summed E-state index contributed by atoms with van der Waals surface area (Å²) in [6, 6.07) is 0. The van der Waals surface area contributed by atoms with Gasteiger partial charge in [-0.05, 0) is 12.5 Å². The number of halogens is 12. The van der Waals surface area contributed by atoms with Gasteiger partial charge < -0.3 is 14.8 Å². The second-order valence-electron chi connectivity index (χ2n) is 6.42. The zero-order valence-corrected chi connectivity index (χ0v) is 17.9. The summed E-state index contributed by atoms with van der Waals surface area (Å²) in [4.78, 5) is 34.7. The van der Waals surface area contributed by atoms with Crippen molar-refractivity contribution < 1.29 is 76.5 Å². The van der Waals surface area contributed by atoms with E-state index in [4.69, 9.17) is 0 Å². The van der Waals surface area contributed by atoms with Crippen LogP contribution in [0.25, 0.3) is 0 Å². The molecule has 0 atom stereocenters. The molecule has 0 fully saturated rings. The maximum absolute atomic E-state index is 14.0. The number of methoxy groups -OCH3 is 2. The highest BCUT2D eigenvalue weighted by Crippen LogP contribution is 2.58. The van der Waals surface area contributed by atoms with Crippen LogP contribution >= 0.6 is 11.3 Å². The Morgan fingerprint density at radius 3 is 1.66 bits per heavy atom. The van der Waals surface area contributed by atoms with Crippen molar-refractivity contribution in [3.8, 4) is 0 Å².